The second-order valence-corrected chi connectivity index (χ2v) is 4.13. The van der Waals surface area contributed by atoms with E-state index >= 15 is 0 Å². The summed E-state index contributed by atoms with van der Waals surface area (Å²) < 4.78 is 16.4. The fourth-order valence-electron chi connectivity index (χ4n) is 1.50. The Morgan fingerprint density at radius 1 is 1.20 bits per heavy atom. The molecule has 0 aromatic carbocycles. The van der Waals surface area contributed by atoms with Crippen molar-refractivity contribution in [1.29, 1.82) is 5.26 Å². The first-order valence-electron chi connectivity index (χ1n) is 6.71. The number of ether oxygens (including phenoxy) is 3. The summed E-state index contributed by atoms with van der Waals surface area (Å²) >= 11 is 0. The second-order valence-electron chi connectivity index (χ2n) is 4.13. The van der Waals surface area contributed by atoms with E-state index < -0.39 is 18.4 Å². The highest BCUT2D eigenvalue weighted by Crippen LogP contribution is 2.14. The zero-order valence-corrected chi connectivity index (χ0v) is 12.5. The van der Waals surface area contributed by atoms with Crippen LogP contribution in [0, 0.1) is 11.3 Å². The number of hydrogen-bond donors (Lipinski definition) is 1. The molecular weight excluding hydrogens is 262 g/mol. The topological polar surface area (TPSA) is 88.8 Å². The Labute approximate surface area is 119 Å². The van der Waals surface area contributed by atoms with Gasteiger partial charge in [0.15, 0.2) is 12.6 Å². The molecule has 6 heteroatoms. The minimum atomic E-state index is -1.26. The molecule has 0 bridgehead atoms. The van der Waals surface area contributed by atoms with Gasteiger partial charge in [0.2, 0.25) is 0 Å². The normalized spacial score (nSPS) is 16.2. The van der Waals surface area contributed by atoms with Gasteiger partial charge in [0, 0.05) is 7.11 Å². The van der Waals surface area contributed by atoms with Gasteiger partial charge in [-0.1, -0.05) is 20.8 Å². The summed E-state index contributed by atoms with van der Waals surface area (Å²) in [6.45, 7) is 5.67. The Balaban J connectivity index is 4.75. The largest absolute Gasteiger partial charge is 0.477 e. The van der Waals surface area contributed by atoms with Crippen LogP contribution in [0.2, 0.25) is 0 Å². The van der Waals surface area contributed by atoms with Crippen LogP contribution in [0.15, 0.2) is 11.6 Å². The number of methoxy groups -OCH3 is 1. The van der Waals surface area contributed by atoms with E-state index in [0.717, 1.165) is 0 Å². The Hall–Kier alpha value is -1.42. The van der Waals surface area contributed by atoms with Gasteiger partial charge >= 0.3 is 5.97 Å². The first kappa shape index (κ1) is 18.6. The minimum Gasteiger partial charge on any atom is -0.477 e. The van der Waals surface area contributed by atoms with Crippen LogP contribution in [0.5, 0.6) is 0 Å². The maximum atomic E-state index is 10.8. The Bertz CT molecular complexity index is 357. The summed E-state index contributed by atoms with van der Waals surface area (Å²) in [7, 11) is 1.55. The molecule has 6 nitrogen and oxygen atoms in total. The number of carboxylic acid groups (broad SMARTS) is 1. The fraction of sp³-hybridized carbons (Fsp3) is 0.714. The molecule has 1 N–H and O–H groups in total. The van der Waals surface area contributed by atoms with Crippen molar-refractivity contribution < 1.29 is 24.1 Å². The lowest BCUT2D eigenvalue weighted by atomic mass is 10.2. The number of aliphatic carboxylic acids is 1. The molecular formula is C14H23NO5. The molecule has 0 aliphatic rings. The van der Waals surface area contributed by atoms with E-state index in [1.807, 2.05) is 20.8 Å². The number of carboxylic acids is 1. The summed E-state index contributed by atoms with van der Waals surface area (Å²) in [6.07, 6.45) is 1.77. The Kier molecular flexibility index (Phi) is 9.64. The van der Waals surface area contributed by atoms with Gasteiger partial charge in [-0.15, -0.1) is 0 Å². The number of rotatable bonds is 10. The third kappa shape index (κ3) is 6.66. The molecule has 0 aromatic rings. The van der Waals surface area contributed by atoms with Crippen LogP contribution in [0.25, 0.3) is 0 Å². The van der Waals surface area contributed by atoms with E-state index in [1.54, 1.807) is 13.2 Å². The summed E-state index contributed by atoms with van der Waals surface area (Å²) in [5, 5.41) is 17.6. The van der Waals surface area contributed by atoms with Gasteiger partial charge < -0.3 is 19.3 Å². The molecule has 114 valence electrons. The first-order chi connectivity index (χ1) is 9.51. The average Bonchev–Trinajstić information content (AvgIpc) is 2.46. The third-order valence-electron chi connectivity index (χ3n) is 2.67. The van der Waals surface area contributed by atoms with E-state index in [2.05, 4.69) is 0 Å². The van der Waals surface area contributed by atoms with Crippen molar-refractivity contribution in [2.45, 2.75) is 58.7 Å². The maximum absolute atomic E-state index is 10.8. The lowest BCUT2D eigenvalue weighted by Gasteiger charge is -2.25. The minimum absolute atomic E-state index is 0.328. The van der Waals surface area contributed by atoms with E-state index in [-0.39, 0.29) is 11.9 Å². The monoisotopic (exact) mass is 285 g/mol. The highest BCUT2D eigenvalue weighted by molar-refractivity contribution is 5.91. The predicted molar refractivity (Wildman–Crippen MR) is 72.7 cm³/mol. The molecule has 3 unspecified atom stereocenters. The van der Waals surface area contributed by atoms with Crippen molar-refractivity contribution in [3.05, 3.63) is 11.6 Å². The van der Waals surface area contributed by atoms with E-state index in [1.165, 1.54) is 6.08 Å². The number of hydrogen-bond acceptors (Lipinski definition) is 5. The molecule has 0 aliphatic heterocycles. The van der Waals surface area contributed by atoms with Crippen LogP contribution in [0.4, 0.5) is 0 Å². The van der Waals surface area contributed by atoms with E-state index in [0.29, 0.717) is 19.3 Å². The van der Waals surface area contributed by atoms with Gasteiger partial charge in [-0.2, -0.15) is 5.26 Å². The smallest absolute Gasteiger partial charge is 0.346 e. The maximum Gasteiger partial charge on any atom is 0.346 e. The van der Waals surface area contributed by atoms with Crippen LogP contribution >= 0.6 is 0 Å². The van der Waals surface area contributed by atoms with Crippen molar-refractivity contribution in [2.24, 2.45) is 0 Å². The van der Waals surface area contributed by atoms with Crippen LogP contribution in [0.3, 0.4) is 0 Å². The van der Waals surface area contributed by atoms with Gasteiger partial charge in [-0.25, -0.2) is 4.79 Å². The van der Waals surface area contributed by atoms with Gasteiger partial charge in [0.25, 0.3) is 0 Å². The molecule has 0 saturated heterocycles. The molecule has 0 spiro atoms. The van der Waals surface area contributed by atoms with Crippen LogP contribution in [-0.4, -0.2) is 36.9 Å². The number of carbonyl (C=O) groups is 1. The molecule has 3 atom stereocenters. The lowest BCUT2D eigenvalue weighted by Crippen LogP contribution is -2.28. The Morgan fingerprint density at radius 3 is 2.15 bits per heavy atom. The van der Waals surface area contributed by atoms with Gasteiger partial charge in [-0.05, 0) is 25.3 Å². The van der Waals surface area contributed by atoms with Crippen LogP contribution < -0.4 is 0 Å². The van der Waals surface area contributed by atoms with Gasteiger partial charge in [0.05, 0.1) is 6.10 Å². The SMILES string of the molecule is CCC(C=C(C#N)C(=O)O)OC(CC)OC(CC)OC. The molecule has 0 saturated carbocycles. The van der Waals surface area contributed by atoms with Gasteiger partial charge in [-0.3, -0.25) is 0 Å². The summed E-state index contributed by atoms with van der Waals surface area (Å²) in [4.78, 5) is 10.8. The standard InChI is InChI=1S/C14H23NO5/c1-5-11(8-10(9-15)14(16)17)19-13(7-3)20-12(6-2)18-4/h8,11-13H,5-7H2,1-4H3,(H,16,17). The zero-order valence-electron chi connectivity index (χ0n) is 12.5. The van der Waals surface area contributed by atoms with Crippen LogP contribution in [0.1, 0.15) is 40.0 Å². The summed E-state index contributed by atoms with van der Waals surface area (Å²) in [6, 6.07) is 1.64. The molecule has 20 heavy (non-hydrogen) atoms. The van der Waals surface area contributed by atoms with Crippen LogP contribution in [-0.2, 0) is 19.0 Å². The van der Waals surface area contributed by atoms with E-state index in [9.17, 15) is 4.79 Å². The molecule has 0 heterocycles. The highest BCUT2D eigenvalue weighted by atomic mass is 16.8. The predicted octanol–water partition coefficient (Wildman–Crippen LogP) is 2.45. The highest BCUT2D eigenvalue weighted by Gasteiger charge is 2.18. The van der Waals surface area contributed by atoms with Crippen molar-refractivity contribution in [1.82, 2.24) is 0 Å². The zero-order chi connectivity index (χ0) is 15.5. The summed E-state index contributed by atoms with van der Waals surface area (Å²) in [5.41, 5.74) is -0.328. The second kappa shape index (κ2) is 10.4. The lowest BCUT2D eigenvalue weighted by molar-refractivity contribution is -0.247. The van der Waals surface area contributed by atoms with Crippen molar-refractivity contribution in [3.8, 4) is 6.07 Å². The molecule has 0 amide bonds. The molecule has 0 radical (unpaired) electrons. The molecule has 0 rings (SSSR count). The Morgan fingerprint density at radius 2 is 1.80 bits per heavy atom. The fourth-order valence-corrected chi connectivity index (χ4v) is 1.50. The number of nitriles is 1. The quantitative estimate of drug-likeness (QED) is 0.377. The van der Waals surface area contributed by atoms with E-state index in [4.69, 9.17) is 24.6 Å². The van der Waals surface area contributed by atoms with Crippen molar-refractivity contribution in [3.63, 3.8) is 0 Å². The molecule has 0 aromatic heterocycles. The number of nitrogens with zero attached hydrogens (tertiary/aromatic N) is 1. The molecule has 0 fully saturated rings. The summed E-state index contributed by atoms with van der Waals surface area (Å²) in [5.74, 6) is -1.26. The van der Waals surface area contributed by atoms with Crippen molar-refractivity contribution in [2.75, 3.05) is 7.11 Å². The third-order valence-corrected chi connectivity index (χ3v) is 2.67. The average molecular weight is 285 g/mol. The molecule has 0 aliphatic carbocycles. The van der Waals surface area contributed by atoms with Gasteiger partial charge in [0.1, 0.15) is 11.6 Å². The van der Waals surface area contributed by atoms with Crippen molar-refractivity contribution >= 4 is 5.97 Å². The first-order valence-corrected chi connectivity index (χ1v) is 6.71.